The number of aromatic carboxylic acids is 6. The van der Waals surface area contributed by atoms with E-state index in [2.05, 4.69) is 0 Å². The molecule has 0 bridgehead atoms. The molecule has 0 aliphatic rings. The minimum Gasteiger partial charge on any atom is -0.545 e. The summed E-state index contributed by atoms with van der Waals surface area (Å²) in [5, 5.41) is 61.2. The van der Waals surface area contributed by atoms with Crippen LogP contribution in [0.4, 0.5) is 0 Å². The summed E-state index contributed by atoms with van der Waals surface area (Å²) in [5.74, 6) is -8.00. The molecule has 38 heavy (non-hydrogen) atoms. The van der Waals surface area contributed by atoms with Gasteiger partial charge in [-0.1, -0.05) is 72.8 Å². The zero-order valence-electron chi connectivity index (χ0n) is 23.8. The van der Waals surface area contributed by atoms with Crippen molar-refractivity contribution < 1.29 is 124 Å². The topological polar surface area (TPSA) is 241 Å². The fourth-order valence-electron chi connectivity index (χ4n) is 2.23. The molecule has 0 heterocycles. The maximum absolute atomic E-state index is 10.2. The van der Waals surface area contributed by atoms with Crippen LogP contribution >= 0.6 is 0 Å². The summed E-state index contributed by atoms with van der Waals surface area (Å²) >= 11 is 0. The largest absolute Gasteiger partial charge is 1.00 e. The van der Waals surface area contributed by atoms with E-state index in [9.17, 15) is 59.4 Å². The summed E-state index contributed by atoms with van der Waals surface area (Å²) in [7, 11) is 0. The molecule has 0 unspecified atom stereocenters. The van der Waals surface area contributed by atoms with Crippen LogP contribution in [0.3, 0.4) is 0 Å². The molecular formula is C24H16Na2O12. The molecule has 0 radical (unpaired) electrons. The molecule has 12 nitrogen and oxygen atoms in total. The van der Waals surface area contributed by atoms with Crippen molar-refractivity contribution in [2.45, 2.75) is 0 Å². The monoisotopic (exact) mass is 542 g/mol. The van der Waals surface area contributed by atoms with Crippen molar-refractivity contribution in [2.24, 2.45) is 0 Å². The van der Waals surface area contributed by atoms with E-state index in [4.69, 9.17) is 0 Å². The van der Waals surface area contributed by atoms with Crippen molar-refractivity contribution in [1.82, 2.24) is 0 Å². The number of hydrogen-bond donors (Lipinski definition) is 0. The number of carbonyl (C=O) groups excluding carboxylic acids is 6. The third-order valence-electron chi connectivity index (χ3n) is 4.07. The Labute approximate surface area is 264 Å². The van der Waals surface area contributed by atoms with Gasteiger partial charge in [-0.05, 0) is 33.4 Å². The van der Waals surface area contributed by atoms with Gasteiger partial charge >= 0.3 is 64.8 Å². The number of benzene rings is 3. The van der Waals surface area contributed by atoms with Crippen molar-refractivity contribution in [3.8, 4) is 0 Å². The molecule has 186 valence electrons. The molecule has 3 rings (SSSR count). The van der Waals surface area contributed by atoms with Crippen molar-refractivity contribution >= 4 is 35.8 Å². The molecule has 0 aliphatic heterocycles. The van der Waals surface area contributed by atoms with Crippen molar-refractivity contribution in [1.29, 1.82) is 0 Å². The average Bonchev–Trinajstić information content (AvgIpc) is 2.84. The quantitative estimate of drug-likeness (QED) is 0.264. The van der Waals surface area contributed by atoms with Gasteiger partial charge in [0.05, 0.1) is 35.8 Å². The van der Waals surface area contributed by atoms with E-state index in [1.165, 1.54) is 0 Å². The van der Waals surface area contributed by atoms with E-state index >= 15 is 0 Å². The van der Waals surface area contributed by atoms with Gasteiger partial charge in [0.2, 0.25) is 0 Å². The minimum absolute atomic E-state index is 0. The van der Waals surface area contributed by atoms with Gasteiger partial charge in [0.25, 0.3) is 0 Å². The second-order valence-electron chi connectivity index (χ2n) is 6.46. The van der Waals surface area contributed by atoms with Gasteiger partial charge in [0.1, 0.15) is 0 Å². The Morgan fingerprint density at radius 1 is 0.316 bits per heavy atom. The molecule has 0 saturated heterocycles. The normalized spacial score (nSPS) is 8.84. The van der Waals surface area contributed by atoms with E-state index in [0.717, 1.165) is 72.8 Å². The van der Waals surface area contributed by atoms with E-state index in [-0.39, 0.29) is 98.2 Å². The van der Waals surface area contributed by atoms with Gasteiger partial charge < -0.3 is 59.4 Å². The van der Waals surface area contributed by atoms with Crippen LogP contribution in [0.1, 0.15) is 67.9 Å². The standard InChI is InChI=1S/3C8H6O4.2Na/c3*9-7(10)5-1-2-6(4-3-5)8(11)12;;/h3*1-4H,(H,9,10)(H,11,12);;/q;;;2*+1/p-2. The first kappa shape index (κ1) is 36.6. The first-order chi connectivity index (χ1) is 16.8. The third-order valence-corrected chi connectivity index (χ3v) is 4.07. The second-order valence-corrected chi connectivity index (χ2v) is 6.46. The minimum atomic E-state index is -1.33. The molecule has 0 N–H and O–H groups in total. The summed E-state index contributed by atoms with van der Waals surface area (Å²) in [6.45, 7) is 0. The summed E-state index contributed by atoms with van der Waals surface area (Å²) in [6.07, 6.45) is 0. The number of rotatable bonds is 6. The second kappa shape index (κ2) is 17.9. The van der Waals surface area contributed by atoms with Crippen LogP contribution in [-0.2, 0) is 0 Å². The summed E-state index contributed by atoms with van der Waals surface area (Å²) < 4.78 is 0. The van der Waals surface area contributed by atoms with Crippen molar-refractivity contribution in [3.05, 3.63) is 106 Å². The Bertz CT molecular complexity index is 1030. The predicted octanol–water partition coefficient (Wildman–Crippen LogP) is -10.3. The van der Waals surface area contributed by atoms with E-state index in [0.29, 0.717) is 0 Å². The summed E-state index contributed by atoms with van der Waals surface area (Å²) in [5.41, 5.74) is -0.333. The van der Waals surface area contributed by atoms with E-state index < -0.39 is 35.8 Å². The van der Waals surface area contributed by atoms with Gasteiger partial charge in [-0.25, -0.2) is 0 Å². The van der Waals surface area contributed by atoms with Crippen molar-refractivity contribution in [3.63, 3.8) is 0 Å². The Morgan fingerprint density at radius 3 is 0.447 bits per heavy atom. The Balaban J connectivity index is -0.000000108. The number of carboxylic acid groups (broad SMARTS) is 6. The van der Waals surface area contributed by atoms with Crippen LogP contribution in [-0.4, -0.2) is 35.8 Å². The summed E-state index contributed by atoms with van der Waals surface area (Å²) in [4.78, 5) is 61.2. The molecule has 0 saturated carbocycles. The molecule has 3 aromatic rings. The van der Waals surface area contributed by atoms with E-state index in [1.807, 2.05) is 0 Å². The molecule has 14 heteroatoms. The van der Waals surface area contributed by atoms with Crippen LogP contribution in [0, 0.1) is 0 Å². The van der Waals surface area contributed by atoms with Crippen LogP contribution in [0.5, 0.6) is 0 Å². The Hall–Kier alpha value is -3.52. The maximum Gasteiger partial charge on any atom is 1.00 e. The van der Waals surface area contributed by atoms with Crippen LogP contribution in [0.25, 0.3) is 0 Å². The number of carbonyl (C=O) groups is 6. The van der Waals surface area contributed by atoms with E-state index in [1.54, 1.807) is 0 Å². The SMILES string of the molecule is O=C([O-])c1ccc(C(=O)[O-])cc1.O=C([O-])c1ccc(C(=O)[O-])cc1.O=C([O-])c1ccc(C(=O)[O-])cc1.[H+].[H+].[H+].[H+].[Na+].[Na+]. The Morgan fingerprint density at radius 2 is 0.395 bits per heavy atom. The zero-order valence-corrected chi connectivity index (χ0v) is 23.8. The number of carboxylic acids is 6. The van der Waals surface area contributed by atoms with Crippen LogP contribution in [0.2, 0.25) is 0 Å². The van der Waals surface area contributed by atoms with Gasteiger partial charge in [-0.3, -0.25) is 0 Å². The number of hydrogen-bond acceptors (Lipinski definition) is 12. The van der Waals surface area contributed by atoms with Crippen LogP contribution < -0.4 is 89.8 Å². The molecule has 0 atom stereocenters. The molecule has 0 aromatic heterocycles. The first-order valence-corrected chi connectivity index (χ1v) is 9.41. The van der Waals surface area contributed by atoms with Gasteiger partial charge in [-0.15, -0.1) is 0 Å². The Kier molecular flexibility index (Phi) is 17.2. The molecule has 0 spiro atoms. The maximum atomic E-state index is 10.2. The van der Waals surface area contributed by atoms with Gasteiger partial charge in [0.15, 0.2) is 0 Å². The first-order valence-electron chi connectivity index (χ1n) is 9.41. The fraction of sp³-hybridized carbons (Fsp3) is 0. The third kappa shape index (κ3) is 12.6. The summed E-state index contributed by atoms with van der Waals surface area (Å²) in [6, 6.07) is 13.8. The predicted molar refractivity (Wildman–Crippen MR) is 110 cm³/mol. The van der Waals surface area contributed by atoms with Crippen molar-refractivity contribution in [2.75, 3.05) is 0 Å². The molecule has 0 fully saturated rings. The van der Waals surface area contributed by atoms with Crippen LogP contribution in [0.15, 0.2) is 72.8 Å². The molecule has 0 amide bonds. The molecule has 0 aliphatic carbocycles. The molecule has 3 aromatic carbocycles. The van der Waals surface area contributed by atoms with Gasteiger partial charge in [0, 0.05) is 0 Å². The average molecular weight is 542 g/mol. The zero-order chi connectivity index (χ0) is 27.4. The fourth-order valence-corrected chi connectivity index (χ4v) is 2.23. The smallest absolute Gasteiger partial charge is 0.545 e. The molecular weight excluding hydrogens is 526 g/mol. The van der Waals surface area contributed by atoms with Gasteiger partial charge in [-0.2, -0.15) is 0 Å².